The SMILES string of the molecule is Cc1nc(-c2ccc(Cl)cc2)sc1C(=O)CN=Cc1cccc(B(O)O)c1. The van der Waals surface area contributed by atoms with Crippen molar-refractivity contribution in [2.45, 2.75) is 6.92 Å². The zero-order chi connectivity index (χ0) is 19.4. The van der Waals surface area contributed by atoms with Crippen LogP contribution < -0.4 is 5.46 Å². The summed E-state index contributed by atoms with van der Waals surface area (Å²) in [6.45, 7) is 1.80. The van der Waals surface area contributed by atoms with Crippen LogP contribution in [0.5, 0.6) is 0 Å². The van der Waals surface area contributed by atoms with Crippen LogP contribution in [0.15, 0.2) is 53.5 Å². The number of hydrogen-bond donors (Lipinski definition) is 2. The lowest BCUT2D eigenvalue weighted by atomic mass is 9.80. The van der Waals surface area contributed by atoms with Crippen molar-refractivity contribution >= 4 is 47.5 Å². The summed E-state index contributed by atoms with van der Waals surface area (Å²) in [5.74, 6) is -0.111. The number of aryl methyl sites for hydroxylation is 1. The van der Waals surface area contributed by atoms with Crippen molar-refractivity contribution in [3.8, 4) is 10.6 Å². The highest BCUT2D eigenvalue weighted by atomic mass is 35.5. The third-order valence-electron chi connectivity index (χ3n) is 3.83. The third kappa shape index (κ3) is 4.90. The fraction of sp³-hybridized carbons (Fsp3) is 0.105. The molecule has 3 aromatic rings. The van der Waals surface area contributed by atoms with E-state index in [2.05, 4.69) is 9.98 Å². The number of rotatable bonds is 6. The molecule has 0 spiro atoms. The average molecular weight is 399 g/mol. The molecular formula is C19H16BClN2O3S. The van der Waals surface area contributed by atoms with Gasteiger partial charge in [-0.25, -0.2) is 4.98 Å². The van der Waals surface area contributed by atoms with Crippen molar-refractivity contribution < 1.29 is 14.8 Å². The molecule has 1 aromatic heterocycles. The Labute approximate surface area is 166 Å². The third-order valence-corrected chi connectivity index (χ3v) is 5.32. The number of thiazole rings is 1. The van der Waals surface area contributed by atoms with Crippen LogP contribution in [0.3, 0.4) is 0 Å². The first-order chi connectivity index (χ1) is 12.9. The average Bonchev–Trinajstić information content (AvgIpc) is 3.04. The highest BCUT2D eigenvalue weighted by Gasteiger charge is 2.16. The molecular weight excluding hydrogens is 383 g/mol. The van der Waals surface area contributed by atoms with Crippen LogP contribution in [0.2, 0.25) is 5.02 Å². The molecule has 2 aromatic carbocycles. The van der Waals surface area contributed by atoms with Crippen molar-refractivity contribution in [3.05, 3.63) is 69.7 Å². The zero-order valence-electron chi connectivity index (χ0n) is 14.5. The Morgan fingerprint density at radius 1 is 1.26 bits per heavy atom. The van der Waals surface area contributed by atoms with Gasteiger partial charge in [0.05, 0.1) is 10.6 Å². The highest BCUT2D eigenvalue weighted by Crippen LogP contribution is 2.29. The van der Waals surface area contributed by atoms with Crippen LogP contribution in [-0.2, 0) is 0 Å². The van der Waals surface area contributed by atoms with Gasteiger partial charge in [-0.3, -0.25) is 9.79 Å². The van der Waals surface area contributed by atoms with Crippen LogP contribution in [0.1, 0.15) is 20.9 Å². The van der Waals surface area contributed by atoms with E-state index in [1.165, 1.54) is 11.3 Å². The van der Waals surface area contributed by atoms with E-state index in [-0.39, 0.29) is 12.3 Å². The second-order valence-corrected chi connectivity index (χ2v) is 7.31. The largest absolute Gasteiger partial charge is 0.488 e. The molecule has 2 N–H and O–H groups in total. The van der Waals surface area contributed by atoms with E-state index in [4.69, 9.17) is 11.6 Å². The number of Topliss-reactive ketones (excluding diaryl/α,β-unsaturated/α-hetero) is 1. The predicted molar refractivity (Wildman–Crippen MR) is 110 cm³/mol. The molecule has 0 unspecified atom stereocenters. The van der Waals surface area contributed by atoms with E-state index in [0.29, 0.717) is 26.6 Å². The standard InChI is InChI=1S/C19H16BClN2O3S/c1-12-18(27-19(23-12)14-5-7-16(21)8-6-14)17(24)11-22-10-13-3-2-4-15(9-13)20(25)26/h2-10,25-26H,11H2,1H3. The summed E-state index contributed by atoms with van der Waals surface area (Å²) in [5, 5.41) is 19.8. The van der Waals surface area contributed by atoms with E-state index >= 15 is 0 Å². The summed E-state index contributed by atoms with van der Waals surface area (Å²) in [4.78, 5) is 21.7. The van der Waals surface area contributed by atoms with Gasteiger partial charge in [0.15, 0.2) is 5.78 Å². The van der Waals surface area contributed by atoms with Crippen LogP contribution in [-0.4, -0.2) is 40.7 Å². The summed E-state index contributed by atoms with van der Waals surface area (Å²) in [7, 11) is -1.54. The fourth-order valence-electron chi connectivity index (χ4n) is 2.48. The highest BCUT2D eigenvalue weighted by molar-refractivity contribution is 7.17. The summed E-state index contributed by atoms with van der Waals surface area (Å²) in [6.07, 6.45) is 1.54. The summed E-state index contributed by atoms with van der Waals surface area (Å²) < 4.78 is 0. The number of benzene rings is 2. The molecule has 1 heterocycles. The van der Waals surface area contributed by atoms with Crippen molar-refractivity contribution in [1.82, 2.24) is 4.98 Å². The van der Waals surface area contributed by atoms with E-state index < -0.39 is 7.12 Å². The van der Waals surface area contributed by atoms with E-state index in [0.717, 1.165) is 10.6 Å². The topological polar surface area (TPSA) is 82.8 Å². The van der Waals surface area contributed by atoms with Gasteiger partial charge < -0.3 is 10.0 Å². The maximum absolute atomic E-state index is 12.5. The number of hydrogen-bond acceptors (Lipinski definition) is 6. The maximum Gasteiger partial charge on any atom is 0.488 e. The van der Waals surface area contributed by atoms with Crippen molar-refractivity contribution in [2.75, 3.05) is 6.54 Å². The minimum Gasteiger partial charge on any atom is -0.423 e. The predicted octanol–water partition coefficient (Wildman–Crippen LogP) is 2.75. The molecule has 0 saturated carbocycles. The van der Waals surface area contributed by atoms with Crippen LogP contribution in [0.4, 0.5) is 0 Å². The van der Waals surface area contributed by atoms with E-state index in [1.807, 2.05) is 12.1 Å². The van der Waals surface area contributed by atoms with Gasteiger partial charge in [-0.1, -0.05) is 48.0 Å². The molecule has 0 amide bonds. The second-order valence-electron chi connectivity index (χ2n) is 5.88. The van der Waals surface area contributed by atoms with Crippen LogP contribution >= 0.6 is 22.9 Å². The second kappa shape index (κ2) is 8.58. The number of halogens is 1. The smallest absolute Gasteiger partial charge is 0.423 e. The molecule has 0 fully saturated rings. The van der Waals surface area contributed by atoms with E-state index in [9.17, 15) is 14.8 Å². The number of carbonyl (C=O) groups is 1. The minimum absolute atomic E-state index is 0.00496. The van der Waals surface area contributed by atoms with Gasteiger partial charge in [-0.2, -0.15) is 0 Å². The number of aliphatic imine (C=N–C) groups is 1. The maximum atomic E-state index is 12.5. The van der Waals surface area contributed by atoms with Crippen LogP contribution in [0, 0.1) is 6.92 Å². The quantitative estimate of drug-likeness (QED) is 0.380. The Hall–Kier alpha value is -2.32. The monoisotopic (exact) mass is 398 g/mol. The molecule has 0 atom stereocenters. The molecule has 0 aliphatic rings. The van der Waals surface area contributed by atoms with Crippen molar-refractivity contribution in [3.63, 3.8) is 0 Å². The Morgan fingerprint density at radius 3 is 2.70 bits per heavy atom. The van der Waals surface area contributed by atoms with Gasteiger partial charge in [-0.15, -0.1) is 11.3 Å². The van der Waals surface area contributed by atoms with Gasteiger partial charge in [0, 0.05) is 16.8 Å². The lowest BCUT2D eigenvalue weighted by molar-refractivity contribution is 0.100. The normalized spacial score (nSPS) is 11.1. The van der Waals surface area contributed by atoms with Crippen molar-refractivity contribution in [2.24, 2.45) is 4.99 Å². The molecule has 136 valence electrons. The molecule has 8 heteroatoms. The number of carbonyl (C=O) groups excluding carboxylic acids is 1. The summed E-state index contributed by atoms with van der Waals surface area (Å²) >= 11 is 7.24. The molecule has 0 radical (unpaired) electrons. The Bertz CT molecular complexity index is 987. The molecule has 27 heavy (non-hydrogen) atoms. The van der Waals surface area contributed by atoms with Gasteiger partial charge in [0.25, 0.3) is 0 Å². The summed E-state index contributed by atoms with van der Waals surface area (Å²) in [5.41, 5.74) is 2.65. The van der Waals surface area contributed by atoms with Gasteiger partial charge in [-0.05, 0) is 30.1 Å². The Kier molecular flexibility index (Phi) is 6.18. The Morgan fingerprint density at radius 2 is 2.00 bits per heavy atom. The molecule has 0 saturated heterocycles. The number of nitrogens with zero attached hydrogens (tertiary/aromatic N) is 2. The lowest BCUT2D eigenvalue weighted by Gasteiger charge is -2.00. The molecule has 5 nitrogen and oxygen atoms in total. The van der Waals surface area contributed by atoms with Gasteiger partial charge >= 0.3 is 7.12 Å². The lowest BCUT2D eigenvalue weighted by Crippen LogP contribution is -2.29. The first-order valence-corrected chi connectivity index (χ1v) is 9.36. The zero-order valence-corrected chi connectivity index (χ0v) is 16.0. The van der Waals surface area contributed by atoms with Crippen molar-refractivity contribution in [1.29, 1.82) is 0 Å². The van der Waals surface area contributed by atoms with Crippen LogP contribution in [0.25, 0.3) is 10.6 Å². The molecule has 0 aliphatic heterocycles. The van der Waals surface area contributed by atoms with E-state index in [1.54, 1.807) is 49.5 Å². The fourth-order valence-corrected chi connectivity index (χ4v) is 3.60. The first-order valence-electron chi connectivity index (χ1n) is 8.16. The molecule has 0 aliphatic carbocycles. The molecule has 0 bridgehead atoms. The number of aromatic nitrogens is 1. The molecule has 3 rings (SSSR count). The first kappa shape index (κ1) is 19.4. The Balaban J connectivity index is 1.71. The van der Waals surface area contributed by atoms with Gasteiger partial charge in [0.1, 0.15) is 11.6 Å². The summed E-state index contributed by atoms with van der Waals surface area (Å²) in [6, 6.07) is 14.0. The minimum atomic E-state index is -1.54. The number of ketones is 1. The van der Waals surface area contributed by atoms with Gasteiger partial charge in [0.2, 0.25) is 0 Å².